The highest BCUT2D eigenvalue weighted by Gasteiger charge is 2.31. The van der Waals surface area contributed by atoms with E-state index in [1.54, 1.807) is 0 Å². The summed E-state index contributed by atoms with van der Waals surface area (Å²) in [6.07, 6.45) is 0. The van der Waals surface area contributed by atoms with Gasteiger partial charge in [-0.25, -0.2) is 4.79 Å². The number of carbonyl (C=O) groups excluding carboxylic acids is 1. The van der Waals surface area contributed by atoms with E-state index in [1.165, 1.54) is 0 Å². The highest BCUT2D eigenvalue weighted by molar-refractivity contribution is 6.11. The molecule has 1 aliphatic heterocycles. The predicted molar refractivity (Wildman–Crippen MR) is 123 cm³/mol. The summed E-state index contributed by atoms with van der Waals surface area (Å²) >= 11 is 0. The lowest BCUT2D eigenvalue weighted by Crippen LogP contribution is -2.42. The molecule has 146 valence electrons. The number of fused-ring (bicyclic) bond motifs is 3. The fourth-order valence-corrected chi connectivity index (χ4v) is 4.06. The van der Waals surface area contributed by atoms with Crippen molar-refractivity contribution in [1.82, 2.24) is 0 Å². The average Bonchev–Trinajstić information content (AvgIpc) is 2.90. The summed E-state index contributed by atoms with van der Waals surface area (Å²) in [7, 11) is 0. The molecule has 0 N–H and O–H groups in total. The Labute approximate surface area is 176 Å². The lowest BCUT2D eigenvalue weighted by molar-refractivity contribution is 0.251. The Kier molecular flexibility index (Phi) is 4.78. The summed E-state index contributed by atoms with van der Waals surface area (Å²) < 4.78 is 0. The summed E-state index contributed by atoms with van der Waals surface area (Å²) in [4.78, 5) is 17.7. The molecule has 30 heavy (non-hydrogen) atoms. The van der Waals surface area contributed by atoms with Crippen molar-refractivity contribution in [1.29, 1.82) is 0 Å². The molecule has 0 aromatic heterocycles. The highest BCUT2D eigenvalue weighted by atomic mass is 16.2. The lowest BCUT2D eigenvalue weighted by Gasteiger charge is -2.29. The number of benzene rings is 4. The second-order valence-electron chi connectivity index (χ2n) is 7.46. The Balaban J connectivity index is 1.66. The van der Waals surface area contributed by atoms with E-state index in [0.29, 0.717) is 13.1 Å². The summed E-state index contributed by atoms with van der Waals surface area (Å²) in [6, 6.07) is 36.7. The number of hydrogen-bond donors (Lipinski definition) is 0. The van der Waals surface area contributed by atoms with Gasteiger partial charge in [0.05, 0.1) is 24.5 Å². The number of anilines is 2. The molecule has 0 saturated carbocycles. The zero-order valence-corrected chi connectivity index (χ0v) is 16.6. The van der Waals surface area contributed by atoms with E-state index in [9.17, 15) is 4.79 Å². The molecule has 0 spiro atoms. The largest absolute Gasteiger partial charge is 0.329 e. The standard InChI is InChI=1S/C27H22N2O/c30-27-28(19-21-11-3-1-4-12-21)25-17-9-7-15-23(25)24-16-8-10-18-26(24)29(27)20-22-13-5-2-6-14-22/h1-18H,19-20H2. The molecule has 3 heteroatoms. The van der Waals surface area contributed by atoms with E-state index >= 15 is 0 Å². The third-order valence-corrected chi connectivity index (χ3v) is 5.51. The summed E-state index contributed by atoms with van der Waals surface area (Å²) in [5, 5.41) is 0. The molecule has 0 radical (unpaired) electrons. The fraction of sp³-hybridized carbons (Fsp3) is 0.0741. The van der Waals surface area contributed by atoms with Crippen LogP contribution < -0.4 is 9.80 Å². The van der Waals surface area contributed by atoms with Gasteiger partial charge in [-0.05, 0) is 23.3 Å². The predicted octanol–water partition coefficient (Wildman–Crippen LogP) is 6.50. The molecule has 0 unspecified atom stereocenters. The van der Waals surface area contributed by atoms with Crippen LogP contribution in [0.3, 0.4) is 0 Å². The van der Waals surface area contributed by atoms with Crippen molar-refractivity contribution in [3.05, 3.63) is 120 Å². The van der Waals surface area contributed by atoms with E-state index in [0.717, 1.165) is 33.6 Å². The molecular formula is C27H22N2O. The lowest BCUT2D eigenvalue weighted by atomic mass is 10.0. The Bertz CT molecular complexity index is 1080. The first kappa shape index (κ1) is 18.2. The molecule has 0 aliphatic carbocycles. The molecule has 4 aromatic rings. The zero-order valence-electron chi connectivity index (χ0n) is 16.6. The molecule has 0 atom stereocenters. The number of carbonyl (C=O) groups is 1. The monoisotopic (exact) mass is 390 g/mol. The number of nitrogens with zero attached hydrogens (tertiary/aromatic N) is 2. The van der Waals surface area contributed by atoms with Crippen LogP contribution in [-0.4, -0.2) is 6.03 Å². The topological polar surface area (TPSA) is 23.6 Å². The Hall–Kier alpha value is -3.85. The van der Waals surface area contributed by atoms with Crippen molar-refractivity contribution < 1.29 is 4.79 Å². The maximum atomic E-state index is 13.9. The number of urea groups is 1. The Morgan fingerprint density at radius 3 is 1.27 bits per heavy atom. The van der Waals surface area contributed by atoms with E-state index in [1.807, 2.05) is 82.6 Å². The molecule has 3 nitrogen and oxygen atoms in total. The van der Waals surface area contributed by atoms with Crippen molar-refractivity contribution in [2.75, 3.05) is 9.80 Å². The van der Waals surface area contributed by atoms with Gasteiger partial charge in [0.15, 0.2) is 0 Å². The van der Waals surface area contributed by atoms with Crippen molar-refractivity contribution in [2.45, 2.75) is 13.1 Å². The van der Waals surface area contributed by atoms with Gasteiger partial charge in [0.25, 0.3) is 0 Å². The highest BCUT2D eigenvalue weighted by Crippen LogP contribution is 2.42. The number of rotatable bonds is 4. The van der Waals surface area contributed by atoms with Gasteiger partial charge in [-0.3, -0.25) is 9.80 Å². The average molecular weight is 390 g/mol. The SMILES string of the molecule is O=C1N(Cc2ccccc2)c2ccccc2-c2ccccc2N1Cc1ccccc1. The van der Waals surface area contributed by atoms with Crippen LogP contribution in [0.25, 0.3) is 11.1 Å². The molecule has 5 rings (SSSR count). The maximum absolute atomic E-state index is 13.9. The van der Waals surface area contributed by atoms with Gasteiger partial charge in [0, 0.05) is 11.1 Å². The van der Waals surface area contributed by atoms with Crippen LogP contribution in [0.5, 0.6) is 0 Å². The van der Waals surface area contributed by atoms with Crippen LogP contribution in [0.15, 0.2) is 109 Å². The maximum Gasteiger partial charge on any atom is 0.329 e. The van der Waals surface area contributed by atoms with Gasteiger partial charge in [-0.2, -0.15) is 0 Å². The summed E-state index contributed by atoms with van der Waals surface area (Å²) in [5.41, 5.74) is 6.24. The van der Waals surface area contributed by atoms with Crippen molar-refractivity contribution >= 4 is 17.4 Å². The van der Waals surface area contributed by atoms with Crippen LogP contribution >= 0.6 is 0 Å². The third kappa shape index (κ3) is 3.35. The van der Waals surface area contributed by atoms with E-state index in [2.05, 4.69) is 36.4 Å². The molecule has 0 fully saturated rings. The Morgan fingerprint density at radius 2 is 0.833 bits per heavy atom. The molecule has 2 amide bonds. The second kappa shape index (κ2) is 7.88. The second-order valence-corrected chi connectivity index (χ2v) is 7.46. The fourth-order valence-electron chi connectivity index (χ4n) is 4.06. The van der Waals surface area contributed by atoms with Crippen LogP contribution in [0.4, 0.5) is 16.2 Å². The van der Waals surface area contributed by atoms with Gasteiger partial charge in [0.2, 0.25) is 0 Å². The first-order chi connectivity index (χ1) is 14.8. The van der Waals surface area contributed by atoms with Crippen LogP contribution in [0.1, 0.15) is 11.1 Å². The van der Waals surface area contributed by atoms with E-state index < -0.39 is 0 Å². The summed E-state index contributed by atoms with van der Waals surface area (Å²) in [6.45, 7) is 1.05. The molecule has 1 heterocycles. The van der Waals surface area contributed by atoms with E-state index in [4.69, 9.17) is 0 Å². The number of hydrogen-bond acceptors (Lipinski definition) is 1. The van der Waals surface area contributed by atoms with Gasteiger partial charge in [-0.15, -0.1) is 0 Å². The normalized spacial score (nSPS) is 12.9. The quantitative estimate of drug-likeness (QED) is 0.390. The summed E-state index contributed by atoms with van der Waals surface area (Å²) in [5.74, 6) is 0. The third-order valence-electron chi connectivity index (χ3n) is 5.51. The first-order valence-electron chi connectivity index (χ1n) is 10.2. The van der Waals surface area contributed by atoms with Crippen molar-refractivity contribution in [3.63, 3.8) is 0 Å². The molecular weight excluding hydrogens is 368 g/mol. The number of para-hydroxylation sites is 2. The van der Waals surface area contributed by atoms with Crippen molar-refractivity contribution in [3.8, 4) is 11.1 Å². The van der Waals surface area contributed by atoms with E-state index in [-0.39, 0.29) is 6.03 Å². The first-order valence-corrected chi connectivity index (χ1v) is 10.2. The molecule has 0 saturated heterocycles. The minimum atomic E-state index is -0.0138. The molecule has 0 bridgehead atoms. The zero-order chi connectivity index (χ0) is 20.3. The smallest absolute Gasteiger partial charge is 0.289 e. The van der Waals surface area contributed by atoms with Crippen LogP contribution in [0, 0.1) is 0 Å². The Morgan fingerprint density at radius 1 is 0.467 bits per heavy atom. The van der Waals surface area contributed by atoms with Gasteiger partial charge < -0.3 is 0 Å². The number of amides is 2. The van der Waals surface area contributed by atoms with Gasteiger partial charge in [0.1, 0.15) is 0 Å². The van der Waals surface area contributed by atoms with Crippen molar-refractivity contribution in [2.24, 2.45) is 0 Å². The molecule has 1 aliphatic rings. The van der Waals surface area contributed by atoms with Gasteiger partial charge >= 0.3 is 6.03 Å². The van der Waals surface area contributed by atoms with Crippen LogP contribution in [0.2, 0.25) is 0 Å². The van der Waals surface area contributed by atoms with Crippen LogP contribution in [-0.2, 0) is 13.1 Å². The minimum Gasteiger partial charge on any atom is -0.289 e. The van der Waals surface area contributed by atoms with Gasteiger partial charge in [-0.1, -0.05) is 97.1 Å². The molecule has 4 aromatic carbocycles. The minimum absolute atomic E-state index is 0.0138.